The molecule has 19 heavy (non-hydrogen) atoms. The fraction of sp³-hybridized carbons (Fsp3) is 0.273. The lowest BCUT2D eigenvalue weighted by molar-refractivity contribution is -0.117. The van der Waals surface area contributed by atoms with Crippen LogP contribution in [0.5, 0.6) is 0 Å². The summed E-state index contributed by atoms with van der Waals surface area (Å²) in [5.41, 5.74) is 11.6. The lowest BCUT2D eigenvalue weighted by Crippen LogP contribution is -2.29. The van der Waals surface area contributed by atoms with Gasteiger partial charge < -0.3 is 11.5 Å². The van der Waals surface area contributed by atoms with Gasteiger partial charge in [0.05, 0.1) is 5.75 Å². The maximum absolute atomic E-state index is 11.7. The zero-order chi connectivity index (χ0) is 14.5. The average molecular weight is 301 g/mol. The molecule has 0 aliphatic rings. The Bertz CT molecular complexity index is 567. The van der Waals surface area contributed by atoms with E-state index in [0.717, 1.165) is 0 Å². The second-order valence-electron chi connectivity index (χ2n) is 3.93. The van der Waals surface area contributed by atoms with Gasteiger partial charge in [-0.3, -0.25) is 4.79 Å². The Labute approximate surface area is 117 Å². The number of nitrogens with one attached hydrogen (secondary N) is 1. The van der Waals surface area contributed by atoms with Crippen LogP contribution in [-0.2, 0) is 20.6 Å². The van der Waals surface area contributed by atoms with Crippen molar-refractivity contribution in [3.05, 3.63) is 35.4 Å². The maximum atomic E-state index is 11.7. The molecule has 0 atom stereocenters. The van der Waals surface area contributed by atoms with E-state index in [-0.39, 0.29) is 23.7 Å². The Morgan fingerprint density at radius 1 is 1.21 bits per heavy atom. The molecule has 5 N–H and O–H groups in total. The van der Waals surface area contributed by atoms with E-state index >= 15 is 0 Å². The van der Waals surface area contributed by atoms with E-state index < -0.39 is 15.9 Å². The predicted octanol–water partition coefficient (Wildman–Crippen LogP) is -0.384. The summed E-state index contributed by atoms with van der Waals surface area (Å²) in [5, 5.41) is 0. The van der Waals surface area contributed by atoms with Crippen molar-refractivity contribution < 1.29 is 13.2 Å². The van der Waals surface area contributed by atoms with Gasteiger partial charge in [0.15, 0.2) is 0 Å². The Balaban J connectivity index is 2.62. The molecule has 0 heterocycles. The molecule has 8 heteroatoms. The van der Waals surface area contributed by atoms with E-state index in [0.29, 0.717) is 11.1 Å². The number of primary amides is 1. The van der Waals surface area contributed by atoms with Gasteiger partial charge in [-0.05, 0) is 5.56 Å². The largest absolute Gasteiger partial charge is 0.389 e. The number of hydrogen-bond acceptors (Lipinski definition) is 4. The molecule has 1 amide bonds. The van der Waals surface area contributed by atoms with Crippen molar-refractivity contribution >= 4 is 33.1 Å². The molecule has 0 aliphatic heterocycles. The molecule has 1 rings (SSSR count). The number of carbonyl (C=O) groups excluding carboxylic acids is 1. The molecule has 0 spiro atoms. The van der Waals surface area contributed by atoms with Crippen LogP contribution in [0.25, 0.3) is 0 Å². The predicted molar refractivity (Wildman–Crippen MR) is 76.8 cm³/mol. The summed E-state index contributed by atoms with van der Waals surface area (Å²) in [6.07, 6.45) is -0.0282. The zero-order valence-corrected chi connectivity index (χ0v) is 11.8. The summed E-state index contributed by atoms with van der Waals surface area (Å²) >= 11 is 4.80. The van der Waals surface area contributed by atoms with E-state index in [4.69, 9.17) is 23.7 Å². The highest BCUT2D eigenvalue weighted by molar-refractivity contribution is 7.88. The molecule has 0 saturated heterocycles. The fourth-order valence-corrected chi connectivity index (χ4v) is 2.65. The minimum Gasteiger partial charge on any atom is -0.389 e. The van der Waals surface area contributed by atoms with Gasteiger partial charge in [0.1, 0.15) is 4.99 Å². The summed E-state index contributed by atoms with van der Waals surface area (Å²) in [4.78, 5) is 10.8. The average Bonchev–Trinajstić information content (AvgIpc) is 2.28. The van der Waals surface area contributed by atoms with Crippen LogP contribution in [0.3, 0.4) is 0 Å². The lowest BCUT2D eigenvalue weighted by atomic mass is 10.1. The summed E-state index contributed by atoms with van der Waals surface area (Å²) in [5.74, 6) is -0.730. The minimum absolute atomic E-state index is 0.00262. The van der Waals surface area contributed by atoms with Crippen molar-refractivity contribution in [1.82, 2.24) is 4.72 Å². The van der Waals surface area contributed by atoms with Crippen LogP contribution in [0.1, 0.15) is 17.5 Å². The van der Waals surface area contributed by atoms with E-state index in [2.05, 4.69) is 4.72 Å². The van der Waals surface area contributed by atoms with Crippen molar-refractivity contribution in [3.63, 3.8) is 0 Å². The summed E-state index contributed by atoms with van der Waals surface area (Å²) < 4.78 is 25.7. The van der Waals surface area contributed by atoms with Gasteiger partial charge in [0, 0.05) is 18.5 Å². The molecule has 0 unspecified atom stereocenters. The second-order valence-corrected chi connectivity index (χ2v) is 6.18. The molecule has 0 radical (unpaired) electrons. The normalized spacial score (nSPS) is 11.2. The smallest absolute Gasteiger partial charge is 0.218 e. The first-order valence-electron chi connectivity index (χ1n) is 5.44. The molecule has 104 valence electrons. The third-order valence-corrected chi connectivity index (χ3v) is 3.88. The number of amides is 1. The van der Waals surface area contributed by atoms with Gasteiger partial charge in [-0.15, -0.1) is 0 Å². The standard InChI is InChI=1S/C11H15N3O3S2/c12-10(15)5-6-14-19(16,17)7-8-1-3-9(4-2-8)11(13)18/h1-4,14H,5-7H2,(H2,12,15)(H2,13,18). The molecule has 0 saturated carbocycles. The first-order valence-corrected chi connectivity index (χ1v) is 7.50. The van der Waals surface area contributed by atoms with Gasteiger partial charge >= 0.3 is 0 Å². The number of nitrogens with two attached hydrogens (primary N) is 2. The molecule has 0 bridgehead atoms. The maximum Gasteiger partial charge on any atom is 0.218 e. The fourth-order valence-electron chi connectivity index (χ4n) is 1.37. The molecule has 0 aromatic heterocycles. The molecule has 6 nitrogen and oxygen atoms in total. The van der Waals surface area contributed by atoms with Gasteiger partial charge in [-0.1, -0.05) is 36.5 Å². The first kappa shape index (κ1) is 15.5. The number of thiocarbonyl (C=S) groups is 1. The monoisotopic (exact) mass is 301 g/mol. The quantitative estimate of drug-likeness (QED) is 0.594. The highest BCUT2D eigenvalue weighted by Crippen LogP contribution is 2.07. The molecule has 1 aromatic carbocycles. The van der Waals surface area contributed by atoms with Crippen molar-refractivity contribution in [3.8, 4) is 0 Å². The second kappa shape index (κ2) is 6.60. The summed E-state index contributed by atoms with van der Waals surface area (Å²) in [6.45, 7) is 0.00262. The zero-order valence-electron chi connectivity index (χ0n) is 10.1. The van der Waals surface area contributed by atoms with E-state index in [1.807, 2.05) is 0 Å². The van der Waals surface area contributed by atoms with E-state index in [9.17, 15) is 13.2 Å². The minimum atomic E-state index is -3.49. The molecule has 1 aromatic rings. The highest BCUT2D eigenvalue weighted by Gasteiger charge is 2.11. The number of rotatable bonds is 7. The van der Waals surface area contributed by atoms with Crippen LogP contribution < -0.4 is 16.2 Å². The molecular formula is C11H15N3O3S2. The van der Waals surface area contributed by atoms with Gasteiger partial charge in [-0.2, -0.15) is 0 Å². The van der Waals surface area contributed by atoms with E-state index in [1.165, 1.54) is 0 Å². The summed E-state index contributed by atoms with van der Waals surface area (Å²) in [7, 11) is -3.49. The number of sulfonamides is 1. The van der Waals surface area contributed by atoms with Gasteiger partial charge in [0.25, 0.3) is 0 Å². The van der Waals surface area contributed by atoms with Crippen molar-refractivity contribution in [2.24, 2.45) is 11.5 Å². The van der Waals surface area contributed by atoms with Crippen LogP contribution in [0.15, 0.2) is 24.3 Å². The number of benzene rings is 1. The number of carbonyl (C=O) groups is 1. The molecule has 0 fully saturated rings. The van der Waals surface area contributed by atoms with Crippen LogP contribution in [-0.4, -0.2) is 25.9 Å². The Morgan fingerprint density at radius 3 is 2.26 bits per heavy atom. The van der Waals surface area contributed by atoms with Crippen molar-refractivity contribution in [2.75, 3.05) is 6.54 Å². The Hall–Kier alpha value is -1.51. The first-order chi connectivity index (χ1) is 8.80. The van der Waals surface area contributed by atoms with Crippen molar-refractivity contribution in [2.45, 2.75) is 12.2 Å². The van der Waals surface area contributed by atoms with Crippen LogP contribution >= 0.6 is 12.2 Å². The lowest BCUT2D eigenvalue weighted by Gasteiger charge is -2.06. The SMILES string of the molecule is NC(=O)CCNS(=O)(=O)Cc1ccc(C(N)=S)cc1. The van der Waals surface area contributed by atoms with Gasteiger partial charge in [0.2, 0.25) is 15.9 Å². The van der Waals surface area contributed by atoms with Crippen LogP contribution in [0, 0.1) is 0 Å². The van der Waals surface area contributed by atoms with Crippen LogP contribution in [0.2, 0.25) is 0 Å². The Morgan fingerprint density at radius 2 is 1.79 bits per heavy atom. The van der Waals surface area contributed by atoms with Crippen LogP contribution in [0.4, 0.5) is 0 Å². The topological polar surface area (TPSA) is 115 Å². The molecule has 0 aliphatic carbocycles. The third-order valence-electron chi connectivity index (χ3n) is 2.29. The highest BCUT2D eigenvalue weighted by atomic mass is 32.2. The third kappa shape index (κ3) is 5.77. The van der Waals surface area contributed by atoms with Gasteiger partial charge in [-0.25, -0.2) is 13.1 Å². The van der Waals surface area contributed by atoms with E-state index in [1.54, 1.807) is 24.3 Å². The Kier molecular flexibility index (Phi) is 5.40. The van der Waals surface area contributed by atoms with Crippen molar-refractivity contribution in [1.29, 1.82) is 0 Å². The molecular weight excluding hydrogens is 286 g/mol. The number of hydrogen-bond donors (Lipinski definition) is 3. The summed E-state index contributed by atoms with van der Waals surface area (Å²) in [6, 6.07) is 6.61.